The van der Waals surface area contributed by atoms with E-state index < -0.39 is 10.0 Å². The van der Waals surface area contributed by atoms with Crippen LogP contribution in [-0.2, 0) is 16.4 Å². The van der Waals surface area contributed by atoms with Gasteiger partial charge in [0.05, 0.1) is 5.69 Å². The Labute approximate surface area is 110 Å². The molecular formula is C10H13N5O3S. The number of anilines is 1. The van der Waals surface area contributed by atoms with Crippen LogP contribution >= 0.6 is 0 Å². The van der Waals surface area contributed by atoms with Crippen molar-refractivity contribution in [3.63, 3.8) is 0 Å². The quantitative estimate of drug-likeness (QED) is 0.498. The van der Waals surface area contributed by atoms with Crippen molar-refractivity contribution in [1.29, 1.82) is 0 Å². The molecule has 2 aromatic rings. The van der Waals surface area contributed by atoms with Crippen LogP contribution in [0.3, 0.4) is 0 Å². The summed E-state index contributed by atoms with van der Waals surface area (Å²) in [5.41, 5.74) is 2.67. The number of sulfonamides is 1. The molecule has 0 saturated carbocycles. The first-order valence-corrected chi connectivity index (χ1v) is 6.92. The number of benzene rings is 1. The maximum Gasteiger partial charge on any atom is 0.242 e. The largest absolute Gasteiger partial charge is 0.340 e. The predicted octanol–water partition coefficient (Wildman–Crippen LogP) is -0.124. The van der Waals surface area contributed by atoms with Crippen molar-refractivity contribution < 1.29 is 12.9 Å². The van der Waals surface area contributed by atoms with Crippen LogP contribution in [0, 0.1) is 0 Å². The first kappa shape index (κ1) is 13.5. The predicted molar refractivity (Wildman–Crippen MR) is 67.4 cm³/mol. The number of nitrogens with two attached hydrogens (primary N) is 1. The van der Waals surface area contributed by atoms with Gasteiger partial charge in [0.25, 0.3) is 0 Å². The number of aromatic nitrogens is 2. The summed E-state index contributed by atoms with van der Waals surface area (Å²) in [6.45, 7) is 0.156. The lowest BCUT2D eigenvalue weighted by Crippen LogP contribution is -2.27. The van der Waals surface area contributed by atoms with Gasteiger partial charge in [-0.1, -0.05) is 17.3 Å². The molecule has 1 aromatic heterocycles. The van der Waals surface area contributed by atoms with Gasteiger partial charge in [0, 0.05) is 13.0 Å². The number of hydrogen-bond donors (Lipinski definition) is 3. The Hall–Kier alpha value is -1.97. The van der Waals surface area contributed by atoms with E-state index in [1.165, 1.54) is 12.4 Å². The van der Waals surface area contributed by atoms with E-state index in [4.69, 9.17) is 10.4 Å². The van der Waals surface area contributed by atoms with Crippen molar-refractivity contribution in [2.24, 2.45) is 5.84 Å². The Morgan fingerprint density at radius 2 is 2.11 bits per heavy atom. The number of nitrogens with one attached hydrogen (secondary N) is 2. The van der Waals surface area contributed by atoms with E-state index in [0.29, 0.717) is 18.0 Å². The van der Waals surface area contributed by atoms with Crippen molar-refractivity contribution in [3.05, 3.63) is 36.5 Å². The molecule has 1 heterocycles. The average Bonchev–Trinajstić information content (AvgIpc) is 2.91. The van der Waals surface area contributed by atoms with Gasteiger partial charge in [-0.3, -0.25) is 5.84 Å². The summed E-state index contributed by atoms with van der Waals surface area (Å²) in [6.07, 6.45) is 1.58. The second-order valence-electron chi connectivity index (χ2n) is 3.62. The van der Waals surface area contributed by atoms with E-state index in [1.54, 1.807) is 18.2 Å². The van der Waals surface area contributed by atoms with E-state index >= 15 is 0 Å². The fraction of sp³-hybridized carbons (Fsp3) is 0.200. The first-order valence-electron chi connectivity index (χ1n) is 5.44. The smallest absolute Gasteiger partial charge is 0.242 e. The van der Waals surface area contributed by atoms with E-state index in [0.717, 1.165) is 0 Å². The molecule has 0 aliphatic rings. The highest BCUT2D eigenvalue weighted by atomic mass is 32.2. The lowest BCUT2D eigenvalue weighted by atomic mass is 10.3. The number of hydrazine groups is 1. The highest BCUT2D eigenvalue weighted by Gasteiger charge is 2.17. The lowest BCUT2D eigenvalue weighted by molar-refractivity contribution is 0.377. The normalized spacial score (nSPS) is 11.4. The maximum atomic E-state index is 12.1. The second-order valence-corrected chi connectivity index (χ2v) is 5.36. The molecule has 8 nitrogen and oxygen atoms in total. The zero-order chi connectivity index (χ0) is 13.7. The van der Waals surface area contributed by atoms with Gasteiger partial charge in [-0.05, 0) is 12.1 Å². The fourth-order valence-corrected chi connectivity index (χ4v) is 2.70. The minimum absolute atomic E-state index is 0.0861. The number of nitrogen functional groups attached to an aromatic ring is 1. The van der Waals surface area contributed by atoms with Crippen LogP contribution < -0.4 is 16.0 Å². The van der Waals surface area contributed by atoms with Crippen LogP contribution in [0.25, 0.3) is 0 Å². The Balaban J connectivity index is 2.05. The van der Waals surface area contributed by atoms with Crippen molar-refractivity contribution in [2.45, 2.75) is 11.3 Å². The van der Waals surface area contributed by atoms with Crippen molar-refractivity contribution in [2.75, 3.05) is 12.0 Å². The van der Waals surface area contributed by atoms with Gasteiger partial charge in [-0.25, -0.2) is 13.1 Å². The van der Waals surface area contributed by atoms with Crippen LogP contribution in [0.4, 0.5) is 5.69 Å². The molecule has 0 saturated heterocycles. The zero-order valence-electron chi connectivity index (χ0n) is 9.91. The number of rotatable bonds is 6. The highest BCUT2D eigenvalue weighted by Crippen LogP contribution is 2.19. The monoisotopic (exact) mass is 283 g/mol. The van der Waals surface area contributed by atoms with E-state index in [-0.39, 0.29) is 11.4 Å². The lowest BCUT2D eigenvalue weighted by Gasteiger charge is -2.10. The highest BCUT2D eigenvalue weighted by molar-refractivity contribution is 7.89. The van der Waals surface area contributed by atoms with Gasteiger partial charge in [-0.15, -0.1) is 0 Å². The molecule has 102 valence electrons. The third kappa shape index (κ3) is 3.28. The molecule has 0 aliphatic heterocycles. The molecule has 0 fully saturated rings. The molecule has 0 radical (unpaired) electrons. The minimum Gasteiger partial charge on any atom is -0.340 e. The third-order valence-electron chi connectivity index (χ3n) is 2.37. The van der Waals surface area contributed by atoms with Crippen LogP contribution in [0.2, 0.25) is 0 Å². The molecule has 9 heteroatoms. The van der Waals surface area contributed by atoms with Gasteiger partial charge in [0.2, 0.25) is 15.9 Å². The Morgan fingerprint density at radius 3 is 2.79 bits per heavy atom. The van der Waals surface area contributed by atoms with E-state index in [2.05, 4.69) is 20.3 Å². The summed E-state index contributed by atoms with van der Waals surface area (Å²) in [5.74, 6) is 5.65. The maximum absolute atomic E-state index is 12.1. The zero-order valence-corrected chi connectivity index (χ0v) is 10.7. The van der Waals surface area contributed by atoms with Crippen molar-refractivity contribution in [1.82, 2.24) is 14.9 Å². The first-order chi connectivity index (χ1) is 9.13. The molecule has 4 N–H and O–H groups in total. The standard InChI is InChI=1S/C10H13N5O3S/c11-15-8-3-1-2-4-9(8)19(16,17)14-6-5-10-12-7-13-18-10/h1-4,7,14-15H,5-6,11H2. The molecule has 1 aromatic carbocycles. The van der Waals surface area contributed by atoms with Crippen LogP contribution in [-0.4, -0.2) is 25.1 Å². The number of nitrogens with zero attached hydrogens (tertiary/aromatic N) is 2. The minimum atomic E-state index is -3.64. The van der Waals surface area contributed by atoms with Gasteiger partial charge in [0.15, 0.2) is 6.33 Å². The fourth-order valence-electron chi connectivity index (χ4n) is 1.50. The topological polar surface area (TPSA) is 123 Å². The summed E-state index contributed by atoms with van der Waals surface area (Å²) in [4.78, 5) is 3.88. The summed E-state index contributed by atoms with van der Waals surface area (Å²) in [6, 6.07) is 6.34. The summed E-state index contributed by atoms with van der Waals surface area (Å²) in [5, 5.41) is 3.43. The van der Waals surface area contributed by atoms with E-state index in [9.17, 15) is 8.42 Å². The molecule has 0 unspecified atom stereocenters. The van der Waals surface area contributed by atoms with Crippen LogP contribution in [0.5, 0.6) is 0 Å². The number of para-hydroxylation sites is 1. The molecule has 0 aliphatic carbocycles. The Morgan fingerprint density at radius 1 is 1.32 bits per heavy atom. The van der Waals surface area contributed by atoms with Crippen LogP contribution in [0.1, 0.15) is 5.89 Å². The molecule has 19 heavy (non-hydrogen) atoms. The molecule has 2 rings (SSSR count). The average molecular weight is 283 g/mol. The van der Waals surface area contributed by atoms with Crippen molar-refractivity contribution in [3.8, 4) is 0 Å². The molecule has 0 atom stereocenters. The molecule has 0 spiro atoms. The van der Waals surface area contributed by atoms with Gasteiger partial charge >= 0.3 is 0 Å². The molecule has 0 amide bonds. The second kappa shape index (κ2) is 5.78. The van der Waals surface area contributed by atoms with Crippen LogP contribution in [0.15, 0.2) is 40.0 Å². The molecular weight excluding hydrogens is 270 g/mol. The summed E-state index contributed by atoms with van der Waals surface area (Å²) < 4.78 is 31.3. The van der Waals surface area contributed by atoms with E-state index in [1.807, 2.05) is 0 Å². The Bertz CT molecular complexity index is 626. The van der Waals surface area contributed by atoms with Gasteiger partial charge in [-0.2, -0.15) is 4.98 Å². The molecule has 0 bridgehead atoms. The number of hydrogen-bond acceptors (Lipinski definition) is 7. The third-order valence-corrected chi connectivity index (χ3v) is 3.89. The summed E-state index contributed by atoms with van der Waals surface area (Å²) in [7, 11) is -3.64. The van der Waals surface area contributed by atoms with Gasteiger partial charge in [0.1, 0.15) is 4.90 Å². The Kier molecular flexibility index (Phi) is 4.10. The van der Waals surface area contributed by atoms with Crippen molar-refractivity contribution >= 4 is 15.7 Å². The summed E-state index contributed by atoms with van der Waals surface area (Å²) >= 11 is 0. The SMILES string of the molecule is NNc1ccccc1S(=O)(=O)NCCc1ncno1. The van der Waals surface area contributed by atoms with Gasteiger partial charge < -0.3 is 9.95 Å².